The maximum absolute atomic E-state index is 5.17. The molecule has 0 atom stereocenters. The number of aromatic nitrogens is 4. The average Bonchev–Trinajstić information content (AvgIpc) is 2.82. The maximum atomic E-state index is 5.17. The Hall–Kier alpha value is -1.43. The summed E-state index contributed by atoms with van der Waals surface area (Å²) in [5.74, 6) is 1.04. The molecule has 0 bridgehead atoms. The van der Waals surface area contributed by atoms with Gasteiger partial charge in [0.2, 0.25) is 5.88 Å². The van der Waals surface area contributed by atoms with Crippen molar-refractivity contribution >= 4 is 15.9 Å². The molecule has 0 spiro atoms. The van der Waals surface area contributed by atoms with Crippen LogP contribution in [-0.4, -0.2) is 26.9 Å². The van der Waals surface area contributed by atoms with E-state index in [1.54, 1.807) is 18.0 Å². The summed E-state index contributed by atoms with van der Waals surface area (Å²) in [6.07, 6.45) is 3.45. The molecule has 5 nitrogen and oxygen atoms in total. The lowest BCUT2D eigenvalue weighted by atomic mass is 10.3. The van der Waals surface area contributed by atoms with E-state index in [4.69, 9.17) is 4.74 Å². The number of hydrogen-bond acceptors (Lipinski definition) is 4. The molecule has 0 radical (unpaired) electrons. The van der Waals surface area contributed by atoms with Crippen molar-refractivity contribution < 1.29 is 4.74 Å². The molecule has 0 unspecified atom stereocenters. The lowest BCUT2D eigenvalue weighted by Crippen LogP contribution is -2.07. The van der Waals surface area contributed by atoms with Gasteiger partial charge in [-0.05, 0) is 34.8 Å². The molecule has 0 aliphatic heterocycles. The number of rotatable bonds is 4. The fraction of sp³-hybridized carbons (Fsp3) is 0.417. The number of nitrogens with zero attached hydrogens (tertiary/aromatic N) is 4. The zero-order valence-corrected chi connectivity index (χ0v) is 12.2. The van der Waals surface area contributed by atoms with Gasteiger partial charge in [-0.2, -0.15) is 10.1 Å². The predicted molar refractivity (Wildman–Crippen MR) is 72.2 cm³/mol. The van der Waals surface area contributed by atoms with E-state index >= 15 is 0 Å². The van der Waals surface area contributed by atoms with E-state index in [1.807, 2.05) is 0 Å². The van der Waals surface area contributed by atoms with Crippen LogP contribution in [0.15, 0.2) is 16.7 Å². The highest BCUT2D eigenvalue weighted by Crippen LogP contribution is 2.22. The second kappa shape index (κ2) is 5.48. The summed E-state index contributed by atoms with van der Waals surface area (Å²) in [5.41, 5.74) is 2.13. The van der Waals surface area contributed by atoms with Crippen LogP contribution in [0, 0.1) is 0 Å². The minimum Gasteiger partial charge on any atom is -0.480 e. The lowest BCUT2D eigenvalue weighted by molar-refractivity contribution is 0.392. The van der Waals surface area contributed by atoms with Crippen LogP contribution in [0.3, 0.4) is 0 Å². The molecule has 0 aromatic carbocycles. The third-order valence-electron chi connectivity index (χ3n) is 2.64. The van der Waals surface area contributed by atoms with Gasteiger partial charge in [0.1, 0.15) is 0 Å². The highest BCUT2D eigenvalue weighted by molar-refractivity contribution is 9.10. The van der Waals surface area contributed by atoms with Gasteiger partial charge in [-0.25, -0.2) is 9.67 Å². The van der Waals surface area contributed by atoms with Crippen LogP contribution in [0.1, 0.15) is 25.2 Å². The zero-order chi connectivity index (χ0) is 13.1. The SMILES string of the molecule is CCc1cc(CC)n(-c2ncc(Br)c(OC)n2)n1. The molecule has 6 heteroatoms. The summed E-state index contributed by atoms with van der Waals surface area (Å²) >= 11 is 3.34. The molecule has 0 N–H and O–H groups in total. The van der Waals surface area contributed by atoms with Crippen molar-refractivity contribution in [2.75, 3.05) is 7.11 Å². The normalized spacial score (nSPS) is 10.7. The molecular formula is C12H15BrN4O. The van der Waals surface area contributed by atoms with Gasteiger partial charge in [0.25, 0.3) is 5.95 Å². The van der Waals surface area contributed by atoms with Gasteiger partial charge in [0, 0.05) is 5.69 Å². The first-order valence-electron chi connectivity index (χ1n) is 5.84. The number of hydrogen-bond donors (Lipinski definition) is 0. The van der Waals surface area contributed by atoms with Crippen LogP contribution < -0.4 is 4.74 Å². The van der Waals surface area contributed by atoms with Crippen LogP contribution in [0.2, 0.25) is 0 Å². The highest BCUT2D eigenvalue weighted by Gasteiger charge is 2.12. The molecule has 0 aliphatic carbocycles. The van der Waals surface area contributed by atoms with Crippen molar-refractivity contribution in [3.8, 4) is 11.8 Å². The molecular weight excluding hydrogens is 296 g/mol. The molecule has 2 heterocycles. The fourth-order valence-corrected chi connectivity index (χ4v) is 2.01. The van der Waals surface area contributed by atoms with Gasteiger partial charge in [-0.1, -0.05) is 13.8 Å². The minimum absolute atomic E-state index is 0.510. The second-order valence-corrected chi connectivity index (χ2v) is 4.63. The molecule has 0 saturated carbocycles. The van der Waals surface area contributed by atoms with Crippen molar-refractivity contribution in [2.45, 2.75) is 26.7 Å². The Labute approximate surface area is 114 Å². The Morgan fingerprint density at radius 3 is 2.72 bits per heavy atom. The van der Waals surface area contributed by atoms with Gasteiger partial charge < -0.3 is 4.74 Å². The third kappa shape index (κ3) is 2.38. The van der Waals surface area contributed by atoms with E-state index in [0.717, 1.165) is 28.7 Å². The molecule has 2 rings (SSSR count). The highest BCUT2D eigenvalue weighted by atomic mass is 79.9. The Morgan fingerprint density at radius 1 is 1.33 bits per heavy atom. The first kappa shape index (κ1) is 13.0. The lowest BCUT2D eigenvalue weighted by Gasteiger charge is -2.06. The van der Waals surface area contributed by atoms with E-state index in [9.17, 15) is 0 Å². The summed E-state index contributed by atoms with van der Waals surface area (Å²) in [7, 11) is 1.58. The summed E-state index contributed by atoms with van der Waals surface area (Å²) < 4.78 is 7.68. The molecule has 0 aliphatic rings. The molecule has 2 aromatic heterocycles. The largest absolute Gasteiger partial charge is 0.480 e. The summed E-state index contributed by atoms with van der Waals surface area (Å²) in [4.78, 5) is 8.61. The smallest absolute Gasteiger partial charge is 0.254 e. The Morgan fingerprint density at radius 2 is 2.11 bits per heavy atom. The van der Waals surface area contributed by atoms with Crippen LogP contribution in [0.4, 0.5) is 0 Å². The predicted octanol–water partition coefficient (Wildman–Crippen LogP) is 2.56. The van der Waals surface area contributed by atoms with Gasteiger partial charge in [0.15, 0.2) is 0 Å². The van der Waals surface area contributed by atoms with E-state index in [2.05, 4.69) is 50.9 Å². The number of ether oxygens (including phenoxy) is 1. The topological polar surface area (TPSA) is 52.8 Å². The number of methoxy groups -OCH3 is 1. The monoisotopic (exact) mass is 310 g/mol. The summed E-state index contributed by atoms with van der Waals surface area (Å²) in [6, 6.07) is 2.08. The maximum Gasteiger partial charge on any atom is 0.254 e. The van der Waals surface area contributed by atoms with Gasteiger partial charge in [-0.15, -0.1) is 0 Å². The zero-order valence-electron chi connectivity index (χ0n) is 10.6. The average molecular weight is 311 g/mol. The van der Waals surface area contributed by atoms with Crippen molar-refractivity contribution in [3.05, 3.63) is 28.1 Å². The standard InChI is InChI=1S/C12H15BrN4O/c1-4-8-6-9(5-2)17(16-8)12-14-7-10(13)11(15-12)18-3/h6-7H,4-5H2,1-3H3. The van der Waals surface area contributed by atoms with Crippen LogP contribution in [0.25, 0.3) is 5.95 Å². The fourth-order valence-electron chi connectivity index (χ4n) is 1.66. The Bertz CT molecular complexity index is 553. The first-order valence-corrected chi connectivity index (χ1v) is 6.63. The third-order valence-corrected chi connectivity index (χ3v) is 3.18. The van der Waals surface area contributed by atoms with Crippen molar-refractivity contribution in [3.63, 3.8) is 0 Å². The molecule has 96 valence electrons. The molecule has 18 heavy (non-hydrogen) atoms. The van der Waals surface area contributed by atoms with Crippen molar-refractivity contribution in [1.29, 1.82) is 0 Å². The Balaban J connectivity index is 2.50. The van der Waals surface area contributed by atoms with Gasteiger partial charge in [0.05, 0.1) is 23.5 Å². The summed E-state index contributed by atoms with van der Waals surface area (Å²) in [6.45, 7) is 4.16. The molecule has 0 amide bonds. The van der Waals surface area contributed by atoms with Crippen LogP contribution in [-0.2, 0) is 12.8 Å². The van der Waals surface area contributed by atoms with Crippen molar-refractivity contribution in [1.82, 2.24) is 19.7 Å². The Kier molecular flexibility index (Phi) is 3.96. The van der Waals surface area contributed by atoms with Crippen LogP contribution in [0.5, 0.6) is 5.88 Å². The number of aryl methyl sites for hydroxylation is 2. The van der Waals surface area contributed by atoms with Crippen LogP contribution >= 0.6 is 15.9 Å². The van der Waals surface area contributed by atoms with Crippen molar-refractivity contribution in [2.24, 2.45) is 0 Å². The second-order valence-electron chi connectivity index (χ2n) is 3.77. The van der Waals surface area contributed by atoms with E-state index in [0.29, 0.717) is 11.8 Å². The first-order chi connectivity index (χ1) is 8.69. The van der Waals surface area contributed by atoms with E-state index in [-0.39, 0.29) is 0 Å². The van der Waals surface area contributed by atoms with E-state index in [1.165, 1.54) is 0 Å². The molecule has 0 saturated heterocycles. The van der Waals surface area contributed by atoms with Gasteiger partial charge in [-0.3, -0.25) is 0 Å². The number of halogens is 1. The minimum atomic E-state index is 0.510. The molecule has 0 fully saturated rings. The van der Waals surface area contributed by atoms with Gasteiger partial charge >= 0.3 is 0 Å². The summed E-state index contributed by atoms with van der Waals surface area (Å²) in [5, 5.41) is 4.50. The van der Waals surface area contributed by atoms with E-state index < -0.39 is 0 Å². The quantitative estimate of drug-likeness (QED) is 0.871. The molecule has 2 aromatic rings.